The lowest BCUT2D eigenvalue weighted by molar-refractivity contribution is -0.137. The summed E-state index contributed by atoms with van der Waals surface area (Å²) in [6.45, 7) is 5.83. The molecule has 7 heteroatoms. The summed E-state index contributed by atoms with van der Waals surface area (Å²) in [5.41, 5.74) is 1.59. The van der Waals surface area contributed by atoms with E-state index in [1.54, 1.807) is 0 Å². The number of carbonyl (C=O) groups excluding carboxylic acids is 2. The summed E-state index contributed by atoms with van der Waals surface area (Å²) in [6.07, 6.45) is -5.00. The fourth-order valence-electron chi connectivity index (χ4n) is 2.65. The second-order valence-corrected chi connectivity index (χ2v) is 6.55. The first-order valence-corrected chi connectivity index (χ1v) is 8.44. The second-order valence-electron chi connectivity index (χ2n) is 6.55. The van der Waals surface area contributed by atoms with E-state index in [9.17, 15) is 22.8 Å². The van der Waals surface area contributed by atoms with E-state index in [0.717, 1.165) is 23.3 Å². The number of rotatable bonds is 5. The summed E-state index contributed by atoms with van der Waals surface area (Å²) < 4.78 is 38.2. The molecular formula is C20H21F3N2O2. The van der Waals surface area contributed by atoms with E-state index in [2.05, 4.69) is 10.6 Å². The first-order chi connectivity index (χ1) is 12.6. The fraction of sp³-hybridized carbons (Fsp3) is 0.300. The summed E-state index contributed by atoms with van der Waals surface area (Å²) in [5, 5.41) is 5.06. The van der Waals surface area contributed by atoms with E-state index in [1.807, 2.05) is 39.0 Å². The molecule has 0 aromatic heterocycles. The summed E-state index contributed by atoms with van der Waals surface area (Å²) in [7, 11) is 0. The van der Waals surface area contributed by atoms with Crippen molar-refractivity contribution in [3.8, 4) is 0 Å². The van der Waals surface area contributed by atoms with Crippen LogP contribution in [0.2, 0.25) is 0 Å². The fourth-order valence-corrected chi connectivity index (χ4v) is 2.65. The quantitative estimate of drug-likeness (QED) is 0.711. The van der Waals surface area contributed by atoms with Gasteiger partial charge in [-0.2, -0.15) is 13.2 Å². The number of carbonyl (C=O) groups is 2. The van der Waals surface area contributed by atoms with Gasteiger partial charge in [0.25, 0.3) is 0 Å². The molecule has 2 rings (SSSR count). The third-order valence-electron chi connectivity index (χ3n) is 3.99. The Balaban J connectivity index is 2.04. The van der Waals surface area contributed by atoms with Crippen molar-refractivity contribution in [3.63, 3.8) is 0 Å². The van der Waals surface area contributed by atoms with Crippen molar-refractivity contribution in [2.24, 2.45) is 0 Å². The van der Waals surface area contributed by atoms with Gasteiger partial charge in [-0.3, -0.25) is 9.59 Å². The summed E-state index contributed by atoms with van der Waals surface area (Å²) in [6, 6.07) is 9.91. The van der Waals surface area contributed by atoms with Gasteiger partial charge in [-0.1, -0.05) is 38.1 Å². The smallest absolute Gasteiger partial charge is 0.326 e. The molecular weight excluding hydrogens is 357 g/mol. The lowest BCUT2D eigenvalue weighted by atomic mass is 9.98. The van der Waals surface area contributed by atoms with Gasteiger partial charge in [0, 0.05) is 11.4 Å². The molecule has 0 aliphatic rings. The molecule has 27 heavy (non-hydrogen) atoms. The van der Waals surface area contributed by atoms with Crippen LogP contribution in [-0.2, 0) is 15.8 Å². The number of hydrogen-bond donors (Lipinski definition) is 2. The van der Waals surface area contributed by atoms with Crippen LogP contribution in [0.1, 0.15) is 42.9 Å². The maximum absolute atomic E-state index is 12.7. The Morgan fingerprint density at radius 2 is 1.63 bits per heavy atom. The number of alkyl halides is 3. The first kappa shape index (κ1) is 20.5. The van der Waals surface area contributed by atoms with Gasteiger partial charge in [0.2, 0.25) is 11.8 Å². The van der Waals surface area contributed by atoms with Crippen molar-refractivity contribution in [1.29, 1.82) is 0 Å². The molecule has 2 N–H and O–H groups in total. The minimum Gasteiger partial charge on any atom is -0.326 e. The molecule has 0 spiro atoms. The zero-order valence-electron chi connectivity index (χ0n) is 15.3. The van der Waals surface area contributed by atoms with Crippen molar-refractivity contribution in [2.45, 2.75) is 39.3 Å². The van der Waals surface area contributed by atoms with Crippen LogP contribution in [0, 0.1) is 6.92 Å². The second kappa shape index (κ2) is 8.24. The molecule has 0 unspecified atom stereocenters. The van der Waals surface area contributed by atoms with Crippen LogP contribution in [0.4, 0.5) is 24.5 Å². The van der Waals surface area contributed by atoms with Crippen LogP contribution in [-0.4, -0.2) is 11.8 Å². The third-order valence-corrected chi connectivity index (χ3v) is 3.99. The van der Waals surface area contributed by atoms with E-state index < -0.39 is 30.0 Å². The largest absolute Gasteiger partial charge is 0.416 e. The van der Waals surface area contributed by atoms with Crippen LogP contribution in [0.15, 0.2) is 42.5 Å². The molecule has 2 amide bonds. The van der Waals surface area contributed by atoms with Gasteiger partial charge in [-0.25, -0.2) is 0 Å². The molecule has 0 saturated carbocycles. The molecule has 2 aromatic carbocycles. The van der Waals surface area contributed by atoms with Crippen LogP contribution in [0.3, 0.4) is 0 Å². The van der Waals surface area contributed by atoms with E-state index in [0.29, 0.717) is 5.69 Å². The topological polar surface area (TPSA) is 58.2 Å². The molecule has 0 aliphatic carbocycles. The summed E-state index contributed by atoms with van der Waals surface area (Å²) in [5.74, 6) is -1.04. The van der Waals surface area contributed by atoms with Crippen molar-refractivity contribution in [2.75, 3.05) is 10.6 Å². The van der Waals surface area contributed by atoms with E-state index in [4.69, 9.17) is 0 Å². The van der Waals surface area contributed by atoms with Gasteiger partial charge in [-0.05, 0) is 42.2 Å². The molecule has 0 heterocycles. The van der Waals surface area contributed by atoms with Crippen LogP contribution < -0.4 is 10.6 Å². The Kier molecular flexibility index (Phi) is 6.25. The first-order valence-electron chi connectivity index (χ1n) is 8.44. The molecule has 0 aliphatic heterocycles. The Labute approximate surface area is 155 Å². The Morgan fingerprint density at radius 3 is 2.26 bits per heavy atom. The molecule has 0 bridgehead atoms. The molecule has 0 atom stereocenters. The number of amides is 2. The Morgan fingerprint density at radius 1 is 1.00 bits per heavy atom. The molecule has 2 aromatic rings. The number of nitrogens with one attached hydrogen (secondary N) is 2. The molecule has 144 valence electrons. The monoisotopic (exact) mass is 378 g/mol. The summed E-state index contributed by atoms with van der Waals surface area (Å²) in [4.78, 5) is 24.2. The van der Waals surface area contributed by atoms with E-state index >= 15 is 0 Å². The predicted molar refractivity (Wildman–Crippen MR) is 98.6 cm³/mol. The van der Waals surface area contributed by atoms with Gasteiger partial charge < -0.3 is 10.6 Å². The maximum atomic E-state index is 12.7. The van der Waals surface area contributed by atoms with Crippen LogP contribution >= 0.6 is 0 Å². The highest BCUT2D eigenvalue weighted by molar-refractivity contribution is 6.08. The lowest BCUT2D eigenvalue weighted by Crippen LogP contribution is -2.22. The molecule has 0 fully saturated rings. The highest BCUT2D eigenvalue weighted by Gasteiger charge is 2.30. The van der Waals surface area contributed by atoms with Crippen molar-refractivity contribution < 1.29 is 22.8 Å². The number of aryl methyl sites for hydroxylation is 1. The lowest BCUT2D eigenvalue weighted by Gasteiger charge is -2.16. The van der Waals surface area contributed by atoms with Gasteiger partial charge in [-0.15, -0.1) is 0 Å². The maximum Gasteiger partial charge on any atom is 0.416 e. The normalized spacial score (nSPS) is 11.4. The van der Waals surface area contributed by atoms with Gasteiger partial charge in [0.15, 0.2) is 0 Å². The number of para-hydroxylation sites is 1. The van der Waals surface area contributed by atoms with Crippen molar-refractivity contribution in [3.05, 3.63) is 59.2 Å². The number of benzene rings is 2. The average molecular weight is 378 g/mol. The van der Waals surface area contributed by atoms with Gasteiger partial charge in [0.1, 0.15) is 6.42 Å². The van der Waals surface area contributed by atoms with Crippen LogP contribution in [0.5, 0.6) is 0 Å². The standard InChI is InChI=1S/C20H21F3N2O2/c1-12(2)16-9-4-6-13(3)19(16)25-18(27)11-17(26)24-15-8-5-7-14(10-15)20(21,22)23/h4-10,12H,11H2,1-3H3,(H,24,26)(H,25,27). The van der Waals surface area contributed by atoms with E-state index in [-0.39, 0.29) is 11.6 Å². The minimum atomic E-state index is -4.50. The van der Waals surface area contributed by atoms with Gasteiger partial charge in [0.05, 0.1) is 5.56 Å². The zero-order valence-corrected chi connectivity index (χ0v) is 15.3. The summed E-state index contributed by atoms with van der Waals surface area (Å²) >= 11 is 0. The van der Waals surface area contributed by atoms with Gasteiger partial charge >= 0.3 is 6.18 Å². The number of anilines is 2. The molecule has 0 saturated heterocycles. The SMILES string of the molecule is Cc1cccc(C(C)C)c1NC(=O)CC(=O)Nc1cccc(C(F)(F)F)c1. The minimum absolute atomic E-state index is 0.0126. The average Bonchev–Trinajstić information content (AvgIpc) is 2.55. The predicted octanol–water partition coefficient (Wildman–Crippen LogP) is 5.10. The van der Waals surface area contributed by atoms with Crippen LogP contribution in [0.25, 0.3) is 0 Å². The van der Waals surface area contributed by atoms with E-state index in [1.165, 1.54) is 12.1 Å². The highest BCUT2D eigenvalue weighted by Crippen LogP contribution is 2.31. The number of hydrogen-bond acceptors (Lipinski definition) is 2. The third kappa shape index (κ3) is 5.57. The molecule has 4 nitrogen and oxygen atoms in total. The molecule has 0 radical (unpaired) electrons. The van der Waals surface area contributed by atoms with Crippen molar-refractivity contribution >= 4 is 23.2 Å². The zero-order chi connectivity index (χ0) is 20.2. The Hall–Kier alpha value is -2.83. The van der Waals surface area contributed by atoms with Crippen molar-refractivity contribution in [1.82, 2.24) is 0 Å². The number of halogens is 3. The highest BCUT2D eigenvalue weighted by atomic mass is 19.4. The Bertz CT molecular complexity index is 845.